The second-order valence-electron chi connectivity index (χ2n) is 16.6. The van der Waals surface area contributed by atoms with E-state index >= 15 is 0 Å². The van der Waals surface area contributed by atoms with Crippen molar-refractivity contribution in [3.8, 4) is 0 Å². The highest BCUT2D eigenvalue weighted by molar-refractivity contribution is 5.03. The zero-order valence-corrected chi connectivity index (χ0v) is 27.7. The average Bonchev–Trinajstić information content (AvgIpc) is 3.56. The summed E-state index contributed by atoms with van der Waals surface area (Å²) in [5.41, 5.74) is 2.85. The van der Waals surface area contributed by atoms with Crippen molar-refractivity contribution in [1.82, 2.24) is 39.2 Å². The van der Waals surface area contributed by atoms with Crippen molar-refractivity contribution in [2.24, 2.45) is 21.7 Å². The molecule has 8 nitrogen and oxygen atoms in total. The molecule has 0 aromatic heterocycles. The molecule has 0 atom stereocenters. The van der Waals surface area contributed by atoms with E-state index in [0.717, 1.165) is 5.41 Å². The summed E-state index contributed by atoms with van der Waals surface area (Å²) in [7, 11) is 17.8. The summed E-state index contributed by atoms with van der Waals surface area (Å²) >= 11 is 0. The van der Waals surface area contributed by atoms with Gasteiger partial charge in [-0.25, -0.2) is 0 Å². The minimum absolute atomic E-state index is 0.684. The first kappa shape index (κ1) is 31.1. The van der Waals surface area contributed by atoms with Gasteiger partial charge in [0.05, 0.1) is 0 Å². The van der Waals surface area contributed by atoms with Gasteiger partial charge in [-0.05, 0) is 114 Å². The van der Waals surface area contributed by atoms with E-state index in [2.05, 4.69) is 95.6 Å². The summed E-state index contributed by atoms with van der Waals surface area (Å²) in [6.45, 7) is 21.2. The molecule has 232 valence electrons. The van der Waals surface area contributed by atoms with Crippen LogP contribution in [0.1, 0.15) is 25.7 Å². The zero-order valence-electron chi connectivity index (χ0n) is 27.7. The summed E-state index contributed by atoms with van der Waals surface area (Å²) in [5, 5.41) is 0. The van der Waals surface area contributed by atoms with Crippen LogP contribution in [0.3, 0.4) is 0 Å². The van der Waals surface area contributed by atoms with Crippen LogP contribution in [0.4, 0.5) is 0 Å². The lowest BCUT2D eigenvalue weighted by Crippen LogP contribution is -2.70. The lowest BCUT2D eigenvalue weighted by Gasteiger charge is -2.58. The smallest absolute Gasteiger partial charge is 0.0211 e. The molecule has 0 radical (unpaired) electrons. The molecule has 4 spiro atoms. The Bertz CT molecular complexity index is 742. The third kappa shape index (κ3) is 7.24. The quantitative estimate of drug-likeness (QED) is 0.433. The fourth-order valence-corrected chi connectivity index (χ4v) is 10.1. The first-order valence-corrected chi connectivity index (χ1v) is 16.3. The molecule has 8 aliphatic rings. The van der Waals surface area contributed by atoms with Crippen molar-refractivity contribution in [1.29, 1.82) is 0 Å². The van der Waals surface area contributed by atoms with Crippen molar-refractivity contribution >= 4 is 0 Å². The highest BCUT2D eigenvalue weighted by Crippen LogP contribution is 2.40. The molecule has 0 saturated carbocycles. The van der Waals surface area contributed by atoms with Crippen LogP contribution in [0.25, 0.3) is 0 Å². The molecule has 0 aliphatic carbocycles. The van der Waals surface area contributed by atoms with E-state index in [1.165, 1.54) is 130 Å². The third-order valence-corrected chi connectivity index (χ3v) is 11.4. The Labute approximate surface area is 247 Å². The molecule has 0 unspecified atom stereocenters. The molecule has 0 bridgehead atoms. The Morgan fingerprint density at radius 3 is 0.650 bits per heavy atom. The summed E-state index contributed by atoms with van der Waals surface area (Å²) in [6, 6.07) is 0. The molecule has 0 amide bonds. The molecule has 8 aliphatic heterocycles. The lowest BCUT2D eigenvalue weighted by molar-refractivity contribution is -0.0926. The zero-order chi connectivity index (χ0) is 28.8. The van der Waals surface area contributed by atoms with Gasteiger partial charge in [-0.1, -0.05) is 0 Å². The van der Waals surface area contributed by atoms with Crippen LogP contribution < -0.4 is 0 Å². The summed E-state index contributed by atoms with van der Waals surface area (Å²) < 4.78 is 0. The van der Waals surface area contributed by atoms with E-state index in [4.69, 9.17) is 0 Å². The van der Waals surface area contributed by atoms with Crippen molar-refractivity contribution < 1.29 is 0 Å². The minimum Gasteiger partial charge on any atom is -0.306 e. The molecule has 8 heteroatoms. The van der Waals surface area contributed by atoms with Crippen LogP contribution in [-0.2, 0) is 0 Å². The van der Waals surface area contributed by atoms with Gasteiger partial charge in [0, 0.05) is 94.8 Å². The fourth-order valence-electron chi connectivity index (χ4n) is 10.1. The van der Waals surface area contributed by atoms with E-state index in [1.54, 1.807) is 0 Å². The number of rotatable bonds is 0. The van der Waals surface area contributed by atoms with Crippen molar-refractivity contribution in [2.75, 3.05) is 161 Å². The predicted octanol–water partition coefficient (Wildman–Crippen LogP) is 1.01. The maximum Gasteiger partial charge on any atom is 0.0211 e. The summed E-state index contributed by atoms with van der Waals surface area (Å²) in [4.78, 5) is 19.5. The molecule has 0 N–H and O–H groups in total. The minimum atomic E-state index is 0.684. The largest absolute Gasteiger partial charge is 0.306 e. The second-order valence-corrected chi connectivity index (χ2v) is 16.6. The first-order chi connectivity index (χ1) is 18.8. The Balaban J connectivity index is 0.000000108. The monoisotopic (exact) mass is 561 g/mol. The molecule has 8 fully saturated rings. The van der Waals surface area contributed by atoms with Gasteiger partial charge in [0.15, 0.2) is 0 Å². The Morgan fingerprint density at radius 2 is 0.450 bits per heavy atom. The molecule has 8 heterocycles. The normalized spacial score (nSPS) is 33.0. The first-order valence-electron chi connectivity index (χ1n) is 16.3. The summed E-state index contributed by atoms with van der Waals surface area (Å²) in [5.74, 6) is 0. The van der Waals surface area contributed by atoms with Gasteiger partial charge in [-0.15, -0.1) is 0 Å². The highest BCUT2D eigenvalue weighted by atomic mass is 15.3. The molecular formula is C32H64N8. The van der Waals surface area contributed by atoms with Crippen molar-refractivity contribution in [2.45, 2.75) is 25.7 Å². The van der Waals surface area contributed by atoms with E-state index in [-0.39, 0.29) is 0 Å². The van der Waals surface area contributed by atoms with E-state index in [9.17, 15) is 0 Å². The number of hydrogen-bond donors (Lipinski definition) is 0. The third-order valence-electron chi connectivity index (χ3n) is 11.4. The van der Waals surface area contributed by atoms with E-state index in [1.807, 2.05) is 0 Å². The second kappa shape index (κ2) is 12.0. The molecule has 8 saturated heterocycles. The van der Waals surface area contributed by atoms with Crippen LogP contribution >= 0.6 is 0 Å². The van der Waals surface area contributed by atoms with Gasteiger partial charge in [-0.2, -0.15) is 0 Å². The van der Waals surface area contributed by atoms with Crippen molar-refractivity contribution in [3.05, 3.63) is 0 Å². The van der Waals surface area contributed by atoms with Gasteiger partial charge in [-0.3, -0.25) is 0 Å². The Kier molecular flexibility index (Phi) is 9.33. The standard InChI is InChI=1S/C9H18N2.2C8H16N2.C7H14N2/c1-10-5-3-9(7-10)4-6-11(2)8-9;2*1-9-4-3-8(5-9)6-10(2)7-8;1-8-3-7(4-8)5-9(2)6-7/h3-8H2,1-2H3;2*3-7H2,1-2H3;3-6H2,1-2H3. The van der Waals surface area contributed by atoms with Crippen LogP contribution in [0, 0.1) is 21.7 Å². The molecule has 0 aromatic rings. The van der Waals surface area contributed by atoms with Crippen LogP contribution in [0.2, 0.25) is 0 Å². The molecular weight excluding hydrogens is 496 g/mol. The Morgan fingerprint density at radius 1 is 0.250 bits per heavy atom. The van der Waals surface area contributed by atoms with Gasteiger partial charge >= 0.3 is 0 Å². The van der Waals surface area contributed by atoms with Crippen LogP contribution in [0.15, 0.2) is 0 Å². The van der Waals surface area contributed by atoms with E-state index < -0.39 is 0 Å². The number of likely N-dealkylation sites (tertiary alicyclic amines) is 8. The van der Waals surface area contributed by atoms with Crippen LogP contribution in [0.5, 0.6) is 0 Å². The number of hydrogen-bond acceptors (Lipinski definition) is 8. The SMILES string of the molecule is CN1CC2(C1)CN(C)C2.CN1CCC2(C1)CN(C)C2.CN1CCC2(C1)CN(C)C2.CN1CCC2(CCN(C)C2)C1. The molecule has 40 heavy (non-hydrogen) atoms. The molecule has 0 aromatic carbocycles. The average molecular weight is 561 g/mol. The fraction of sp³-hybridized carbons (Fsp3) is 1.00. The van der Waals surface area contributed by atoms with E-state index in [0.29, 0.717) is 16.2 Å². The topological polar surface area (TPSA) is 25.9 Å². The van der Waals surface area contributed by atoms with Crippen LogP contribution in [-0.4, -0.2) is 200 Å². The highest BCUT2D eigenvalue weighted by Gasteiger charge is 2.49. The maximum atomic E-state index is 2.47. The maximum absolute atomic E-state index is 2.47. The number of nitrogens with zero attached hydrogens (tertiary/aromatic N) is 8. The van der Waals surface area contributed by atoms with Gasteiger partial charge in [0.1, 0.15) is 0 Å². The van der Waals surface area contributed by atoms with Gasteiger partial charge in [0.2, 0.25) is 0 Å². The lowest BCUT2D eigenvalue weighted by atomic mass is 9.74. The van der Waals surface area contributed by atoms with Gasteiger partial charge in [0.25, 0.3) is 0 Å². The summed E-state index contributed by atoms with van der Waals surface area (Å²) in [6.07, 6.45) is 5.70. The van der Waals surface area contributed by atoms with Gasteiger partial charge < -0.3 is 39.2 Å². The van der Waals surface area contributed by atoms with Crippen molar-refractivity contribution in [3.63, 3.8) is 0 Å². The molecule has 8 rings (SSSR count). The predicted molar refractivity (Wildman–Crippen MR) is 168 cm³/mol. The Hall–Kier alpha value is -0.320.